The number of amides is 1. The van der Waals surface area contributed by atoms with Gasteiger partial charge in [-0.25, -0.2) is 15.4 Å². The summed E-state index contributed by atoms with van der Waals surface area (Å²) in [6.45, 7) is 3.08. The van der Waals surface area contributed by atoms with Crippen LogP contribution in [0.5, 0.6) is 0 Å². The predicted molar refractivity (Wildman–Crippen MR) is 125 cm³/mol. The average molecular weight is 493 g/mol. The summed E-state index contributed by atoms with van der Waals surface area (Å²) in [5.41, 5.74) is 2.13. The number of alkyl halides is 3. The van der Waals surface area contributed by atoms with Gasteiger partial charge in [0.15, 0.2) is 0 Å². The molecule has 0 fully saturated rings. The standard InChI is InChI=1S/C22H23F3N5O3P/c1-26-21-27-12-11-18(28-21)17-13-16(34(3,4)32)9-10-19(17)30(22(23,24)25)15-7-5-14(6-8-15)20(31)29-33-2/h5-13H,1-4H3,(H,29,31)(H,26,27,28). The van der Waals surface area contributed by atoms with Gasteiger partial charge in [0.1, 0.15) is 7.14 Å². The molecule has 8 nitrogen and oxygen atoms in total. The van der Waals surface area contributed by atoms with Crippen molar-refractivity contribution in [2.75, 3.05) is 37.7 Å². The Hall–Kier alpha value is -3.43. The highest BCUT2D eigenvalue weighted by Crippen LogP contribution is 2.44. The molecule has 0 aliphatic heterocycles. The van der Waals surface area contributed by atoms with E-state index in [0.717, 1.165) is 0 Å². The number of carbonyl (C=O) groups excluding carboxylic acids is 1. The van der Waals surface area contributed by atoms with Gasteiger partial charge >= 0.3 is 6.30 Å². The Morgan fingerprint density at radius 2 is 1.76 bits per heavy atom. The Morgan fingerprint density at radius 1 is 1.09 bits per heavy atom. The zero-order valence-corrected chi connectivity index (χ0v) is 19.7. The monoisotopic (exact) mass is 493 g/mol. The van der Waals surface area contributed by atoms with E-state index in [1.54, 1.807) is 7.05 Å². The number of aromatic nitrogens is 2. The van der Waals surface area contributed by atoms with Crippen molar-refractivity contribution in [3.63, 3.8) is 0 Å². The lowest BCUT2D eigenvalue weighted by Crippen LogP contribution is -2.34. The first kappa shape index (κ1) is 25.2. The first-order valence-electron chi connectivity index (χ1n) is 9.97. The first-order chi connectivity index (χ1) is 16.0. The number of benzene rings is 2. The van der Waals surface area contributed by atoms with Crippen LogP contribution in [-0.2, 0) is 9.40 Å². The van der Waals surface area contributed by atoms with Crippen molar-refractivity contribution >= 4 is 35.7 Å². The molecule has 1 aromatic heterocycles. The summed E-state index contributed by atoms with van der Waals surface area (Å²) in [6, 6.07) is 10.5. The van der Waals surface area contributed by atoms with Gasteiger partial charge < -0.3 is 9.88 Å². The molecule has 1 amide bonds. The van der Waals surface area contributed by atoms with Crippen molar-refractivity contribution in [1.82, 2.24) is 15.4 Å². The van der Waals surface area contributed by atoms with E-state index in [-0.39, 0.29) is 39.0 Å². The van der Waals surface area contributed by atoms with Crippen LogP contribution in [0.2, 0.25) is 0 Å². The first-order valence-corrected chi connectivity index (χ1v) is 12.6. The third-order valence-corrected chi connectivity index (χ3v) is 6.36. The molecule has 1 heterocycles. The predicted octanol–water partition coefficient (Wildman–Crippen LogP) is 4.38. The van der Waals surface area contributed by atoms with E-state index in [1.165, 1.54) is 75.2 Å². The van der Waals surface area contributed by atoms with Crippen molar-refractivity contribution in [3.05, 3.63) is 60.3 Å². The lowest BCUT2D eigenvalue weighted by atomic mass is 10.1. The van der Waals surface area contributed by atoms with Crippen molar-refractivity contribution in [2.45, 2.75) is 6.30 Å². The molecule has 3 aromatic rings. The van der Waals surface area contributed by atoms with Gasteiger partial charge in [0.25, 0.3) is 5.91 Å². The second kappa shape index (κ2) is 9.82. The second-order valence-corrected chi connectivity index (χ2v) is 10.8. The van der Waals surface area contributed by atoms with Crippen molar-refractivity contribution < 1.29 is 27.4 Å². The highest BCUT2D eigenvalue weighted by molar-refractivity contribution is 7.70. The average Bonchev–Trinajstić information content (AvgIpc) is 2.78. The molecule has 12 heteroatoms. The van der Waals surface area contributed by atoms with Crippen LogP contribution in [0.4, 0.5) is 30.5 Å². The number of rotatable bonds is 7. The molecule has 2 aromatic carbocycles. The third-order valence-electron chi connectivity index (χ3n) is 4.83. The van der Waals surface area contributed by atoms with E-state index in [2.05, 4.69) is 25.6 Å². The number of hydrogen-bond donors (Lipinski definition) is 2. The van der Waals surface area contributed by atoms with Gasteiger partial charge in [0.2, 0.25) is 5.95 Å². The summed E-state index contributed by atoms with van der Waals surface area (Å²) in [4.78, 5) is 24.9. The van der Waals surface area contributed by atoms with E-state index in [4.69, 9.17) is 0 Å². The van der Waals surface area contributed by atoms with Crippen LogP contribution in [0.15, 0.2) is 54.7 Å². The molecule has 0 spiro atoms. The molecular formula is C22H23F3N5O3P. The fraction of sp³-hybridized carbons (Fsp3) is 0.227. The molecular weight excluding hydrogens is 470 g/mol. The molecule has 0 aliphatic rings. The van der Waals surface area contributed by atoms with Gasteiger partial charge in [0.05, 0.1) is 18.5 Å². The molecule has 34 heavy (non-hydrogen) atoms. The molecule has 180 valence electrons. The molecule has 3 rings (SSSR count). The number of nitrogens with zero attached hydrogens (tertiary/aromatic N) is 3. The van der Waals surface area contributed by atoms with E-state index < -0.39 is 19.3 Å². The van der Waals surface area contributed by atoms with Gasteiger partial charge in [-0.05, 0) is 61.9 Å². The number of carbonyl (C=O) groups is 1. The minimum Gasteiger partial charge on any atom is -0.357 e. The third kappa shape index (κ3) is 5.55. The van der Waals surface area contributed by atoms with Gasteiger partial charge in [-0.3, -0.25) is 14.5 Å². The highest BCUT2D eigenvalue weighted by atomic mass is 31.2. The number of halogens is 3. The molecule has 0 atom stereocenters. The Morgan fingerprint density at radius 3 is 2.32 bits per heavy atom. The Bertz CT molecular complexity index is 1230. The van der Waals surface area contributed by atoms with Crippen molar-refractivity contribution in [3.8, 4) is 11.3 Å². The lowest BCUT2D eigenvalue weighted by molar-refractivity contribution is -0.120. The number of hydrogen-bond acceptors (Lipinski definition) is 7. The summed E-state index contributed by atoms with van der Waals surface area (Å²) in [5, 5.41) is 3.17. The van der Waals surface area contributed by atoms with Crippen LogP contribution in [0.25, 0.3) is 11.3 Å². The van der Waals surface area contributed by atoms with Crippen LogP contribution in [0.1, 0.15) is 10.4 Å². The summed E-state index contributed by atoms with van der Waals surface area (Å²) in [7, 11) is 0.0539. The number of anilines is 3. The number of hydroxylamine groups is 1. The molecule has 0 bridgehead atoms. The van der Waals surface area contributed by atoms with E-state index in [1.807, 2.05) is 0 Å². The molecule has 2 N–H and O–H groups in total. The number of nitrogens with one attached hydrogen (secondary N) is 2. The van der Waals surface area contributed by atoms with Crippen LogP contribution >= 0.6 is 7.14 Å². The maximum absolute atomic E-state index is 14.4. The maximum atomic E-state index is 14.4. The molecule has 0 aliphatic carbocycles. The largest absolute Gasteiger partial charge is 0.489 e. The highest BCUT2D eigenvalue weighted by Gasteiger charge is 2.40. The van der Waals surface area contributed by atoms with Crippen LogP contribution in [-0.4, -0.2) is 49.7 Å². The van der Waals surface area contributed by atoms with Crippen molar-refractivity contribution in [2.24, 2.45) is 0 Å². The van der Waals surface area contributed by atoms with Gasteiger partial charge in [-0.15, -0.1) is 13.2 Å². The molecule has 0 saturated carbocycles. The zero-order valence-electron chi connectivity index (χ0n) is 18.8. The van der Waals surface area contributed by atoms with Gasteiger partial charge in [-0.2, -0.15) is 0 Å². The van der Waals surface area contributed by atoms with Crippen molar-refractivity contribution in [1.29, 1.82) is 0 Å². The summed E-state index contributed by atoms with van der Waals surface area (Å²) >= 11 is 0. The fourth-order valence-electron chi connectivity index (χ4n) is 3.22. The molecule has 0 unspecified atom stereocenters. The quantitative estimate of drug-likeness (QED) is 0.286. The zero-order chi connectivity index (χ0) is 25.1. The minimum absolute atomic E-state index is 0.121. The summed E-state index contributed by atoms with van der Waals surface area (Å²) in [5.74, 6) is -0.378. The fourth-order valence-corrected chi connectivity index (χ4v) is 4.10. The smallest absolute Gasteiger partial charge is 0.357 e. The minimum atomic E-state index is -4.83. The molecule has 0 radical (unpaired) electrons. The summed E-state index contributed by atoms with van der Waals surface area (Å²) < 4.78 is 55.8. The Balaban J connectivity index is 2.22. The Kier molecular flexibility index (Phi) is 7.28. The SMILES string of the molecule is CNc1nccc(-c2cc(P(C)(C)=O)ccc2N(c2ccc(C(=O)NOC)cc2)C(F)(F)F)n1. The van der Waals surface area contributed by atoms with Gasteiger partial charge in [-0.1, -0.05) is 0 Å². The Labute approximate surface area is 194 Å². The van der Waals surface area contributed by atoms with Gasteiger partial charge in [0, 0.05) is 35.4 Å². The van der Waals surface area contributed by atoms with E-state index in [0.29, 0.717) is 5.30 Å². The topological polar surface area (TPSA) is 96.5 Å². The normalized spacial score (nSPS) is 11.7. The molecule has 0 saturated heterocycles. The maximum Gasteiger partial charge on any atom is 0.489 e. The second-order valence-electron chi connectivity index (χ2n) is 7.55. The van der Waals surface area contributed by atoms with Crippen LogP contribution in [0, 0.1) is 0 Å². The van der Waals surface area contributed by atoms with E-state index in [9.17, 15) is 22.5 Å². The lowest BCUT2D eigenvalue weighted by Gasteiger charge is -2.29. The van der Waals surface area contributed by atoms with Crippen LogP contribution < -0.4 is 21.0 Å². The van der Waals surface area contributed by atoms with E-state index >= 15 is 0 Å². The van der Waals surface area contributed by atoms with Crippen LogP contribution in [0.3, 0.4) is 0 Å². The summed E-state index contributed by atoms with van der Waals surface area (Å²) in [6.07, 6.45) is -3.41.